The minimum atomic E-state index is -2.74. The fraction of sp³-hybridized carbons (Fsp3) is 0.333. The number of quaternary nitrogens is 1. The average Bonchev–Trinajstić information content (AvgIpc) is 1.61. The van der Waals surface area contributed by atoms with Crippen LogP contribution in [0.3, 0.4) is 0 Å². The van der Waals surface area contributed by atoms with Crippen molar-refractivity contribution in [3.63, 3.8) is 0 Å². The van der Waals surface area contributed by atoms with Gasteiger partial charge in [-0.2, -0.15) is 0 Å². The number of halogens is 4. The van der Waals surface area contributed by atoms with Gasteiger partial charge in [0.1, 0.15) is 0 Å². The maximum absolute atomic E-state index is 4.97. The summed E-state index contributed by atoms with van der Waals surface area (Å²) in [5.74, 6) is 0. The Morgan fingerprint density at radius 1 is 1.33 bits per heavy atom. The molecule has 0 aromatic carbocycles. The van der Waals surface area contributed by atoms with Gasteiger partial charge >= 0.3 is 49.6 Å². The van der Waals surface area contributed by atoms with Crippen LogP contribution < -0.4 is 5.73 Å². The van der Waals surface area contributed by atoms with Crippen molar-refractivity contribution in [3.8, 4) is 0 Å². The van der Waals surface area contributed by atoms with E-state index < -0.39 is 9.20 Å². The van der Waals surface area contributed by atoms with Gasteiger partial charge in [0.25, 0.3) is 0 Å². The zero-order valence-corrected chi connectivity index (χ0v) is 8.79. The van der Waals surface area contributed by atoms with Crippen LogP contribution in [0.2, 0.25) is 0 Å². The van der Waals surface area contributed by atoms with Crippen molar-refractivity contribution >= 4 is 40.4 Å². The van der Waals surface area contributed by atoms with Gasteiger partial charge in [0.2, 0.25) is 0 Å². The van der Waals surface area contributed by atoms with Crippen molar-refractivity contribution in [1.29, 1.82) is 0 Å². The second kappa shape index (κ2) is 7.49. The van der Waals surface area contributed by atoms with Gasteiger partial charge in [-0.3, -0.25) is 0 Å². The molecule has 0 aromatic rings. The Morgan fingerprint density at radius 2 is 1.44 bits per heavy atom. The van der Waals surface area contributed by atoms with Crippen LogP contribution in [0.4, 0.5) is 0 Å². The summed E-state index contributed by atoms with van der Waals surface area (Å²) in [6.45, 7) is 4.25. The van der Waals surface area contributed by atoms with Gasteiger partial charge in [-0.05, 0) is 6.08 Å². The first kappa shape index (κ1) is 13.0. The molecule has 9 heavy (non-hydrogen) atoms. The first-order chi connectivity index (χ1) is 3.91. The van der Waals surface area contributed by atoms with E-state index in [4.69, 9.17) is 40.4 Å². The van der Waals surface area contributed by atoms with Crippen molar-refractivity contribution in [2.75, 3.05) is 6.54 Å². The van der Waals surface area contributed by atoms with E-state index in [1.807, 2.05) is 0 Å². The second-order valence-electron chi connectivity index (χ2n) is 0.901. The SMILES string of the molecule is C=CC[NH3+].[Cl][Mn-]([Cl])([Cl])[Cl]. The summed E-state index contributed by atoms with van der Waals surface area (Å²) in [5.41, 5.74) is 3.49. The van der Waals surface area contributed by atoms with Crippen molar-refractivity contribution < 1.29 is 14.9 Å². The number of hydrogen-bond acceptors (Lipinski definition) is 0. The molecule has 0 aliphatic carbocycles. The van der Waals surface area contributed by atoms with Gasteiger partial charge in [-0.15, -0.1) is 0 Å². The zero-order chi connectivity index (χ0) is 7.91. The zero-order valence-electron chi connectivity index (χ0n) is 4.59. The van der Waals surface area contributed by atoms with E-state index >= 15 is 0 Å². The van der Waals surface area contributed by atoms with E-state index in [0.717, 1.165) is 6.54 Å². The number of hydrogen-bond donors (Lipinski definition) is 1. The summed E-state index contributed by atoms with van der Waals surface area (Å²) in [5, 5.41) is 0. The molecule has 0 unspecified atom stereocenters. The first-order valence-corrected chi connectivity index (χ1v) is 8.38. The van der Waals surface area contributed by atoms with Crippen LogP contribution in [-0.4, -0.2) is 6.54 Å². The van der Waals surface area contributed by atoms with E-state index in [0.29, 0.717) is 0 Å². The molecule has 6 heteroatoms. The Bertz CT molecular complexity index is 64.7. The molecule has 0 aliphatic rings. The predicted octanol–water partition coefficient (Wildman–Crippen LogP) is 2.17. The molecule has 0 amide bonds. The first-order valence-electron chi connectivity index (χ1n) is 1.89. The quantitative estimate of drug-likeness (QED) is 0.549. The molecule has 0 rings (SSSR count). The molecule has 60 valence electrons. The van der Waals surface area contributed by atoms with Crippen molar-refractivity contribution in [1.82, 2.24) is 0 Å². The van der Waals surface area contributed by atoms with Gasteiger partial charge in [0, 0.05) is 0 Å². The van der Waals surface area contributed by atoms with Crippen LogP contribution in [0.15, 0.2) is 12.7 Å². The summed E-state index contributed by atoms with van der Waals surface area (Å²) < 4.78 is 0. The predicted molar refractivity (Wildman–Crippen MR) is 41.4 cm³/mol. The molecule has 0 aromatic heterocycles. The van der Waals surface area contributed by atoms with Crippen LogP contribution in [-0.2, 0) is 9.20 Å². The fourth-order valence-electron chi connectivity index (χ4n) is 0. The third kappa shape index (κ3) is 90.2. The van der Waals surface area contributed by atoms with Crippen LogP contribution in [0, 0.1) is 0 Å². The molecule has 0 heterocycles. The Morgan fingerprint density at radius 3 is 1.44 bits per heavy atom. The van der Waals surface area contributed by atoms with Gasteiger partial charge in [0.05, 0.1) is 6.54 Å². The van der Waals surface area contributed by atoms with Crippen molar-refractivity contribution in [2.24, 2.45) is 0 Å². The average molecular weight is 255 g/mol. The minimum absolute atomic E-state index is 0.833. The molecule has 0 fully saturated rings. The molecule has 0 bridgehead atoms. The summed E-state index contributed by atoms with van der Waals surface area (Å²) in [7, 11) is 17.1. The summed E-state index contributed by atoms with van der Waals surface area (Å²) in [6.07, 6.45) is 1.76. The third-order valence-corrected chi connectivity index (χ3v) is 0.204. The van der Waals surface area contributed by atoms with Gasteiger partial charge < -0.3 is 5.73 Å². The molecule has 0 aliphatic heterocycles. The van der Waals surface area contributed by atoms with Crippen molar-refractivity contribution in [2.45, 2.75) is 0 Å². The Labute approximate surface area is 74.2 Å². The van der Waals surface area contributed by atoms with E-state index in [9.17, 15) is 0 Å². The van der Waals surface area contributed by atoms with Crippen LogP contribution in [0.25, 0.3) is 0 Å². The maximum atomic E-state index is 4.97. The third-order valence-electron chi connectivity index (χ3n) is 0.204. The topological polar surface area (TPSA) is 27.6 Å². The Kier molecular flexibility index (Phi) is 10.8. The summed E-state index contributed by atoms with van der Waals surface area (Å²) in [4.78, 5) is 0. The van der Waals surface area contributed by atoms with Gasteiger partial charge in [-0.1, -0.05) is 6.58 Å². The van der Waals surface area contributed by atoms with E-state index in [1.165, 1.54) is 0 Å². The molecule has 0 atom stereocenters. The van der Waals surface area contributed by atoms with Gasteiger partial charge in [0.15, 0.2) is 0 Å². The molecule has 0 spiro atoms. The standard InChI is InChI=1S/C3H7N.4ClH.Mn/c1-2-3-4;;;;;/h2H,1,3-4H2;4*1H;/q;;;;;+3/p-3. The molecule has 0 saturated heterocycles. The Balaban J connectivity index is 0. The van der Waals surface area contributed by atoms with E-state index in [-0.39, 0.29) is 0 Å². The number of rotatable bonds is 1. The summed E-state index contributed by atoms with van der Waals surface area (Å²) in [6, 6.07) is 0. The monoisotopic (exact) mass is 253 g/mol. The van der Waals surface area contributed by atoms with E-state index in [1.54, 1.807) is 6.08 Å². The van der Waals surface area contributed by atoms with Gasteiger partial charge in [-0.25, -0.2) is 0 Å². The van der Waals surface area contributed by atoms with Crippen LogP contribution in [0.5, 0.6) is 0 Å². The fourth-order valence-corrected chi connectivity index (χ4v) is 0. The molecule has 0 saturated carbocycles. The second-order valence-corrected chi connectivity index (χ2v) is 12.6. The Hall–Kier alpha value is 1.38. The molecule has 1 nitrogen and oxygen atoms in total. The molecule has 0 radical (unpaired) electrons. The van der Waals surface area contributed by atoms with Crippen molar-refractivity contribution in [3.05, 3.63) is 12.7 Å². The van der Waals surface area contributed by atoms with E-state index in [2.05, 4.69) is 12.3 Å². The van der Waals surface area contributed by atoms with Crippen LogP contribution >= 0.6 is 40.4 Å². The molecule has 3 N–H and O–H groups in total. The molecular weight excluding hydrogens is 247 g/mol. The normalized spacial score (nSPS) is 11.2. The van der Waals surface area contributed by atoms with Crippen LogP contribution in [0.1, 0.15) is 0 Å². The molecular formula is C3H8Cl4MnN. The summed E-state index contributed by atoms with van der Waals surface area (Å²) >= 11 is 0.